The highest BCUT2D eigenvalue weighted by Crippen LogP contribution is 2.35. The van der Waals surface area contributed by atoms with Crippen LogP contribution >= 0.6 is 0 Å². The molecular weight excluding hydrogens is 294 g/mol. The molecule has 1 aliphatic heterocycles. The number of carbonyl (C=O) groups is 1. The molecule has 0 amide bonds. The fourth-order valence-corrected chi connectivity index (χ4v) is 4.07. The molecule has 2 rings (SSSR count). The molecule has 1 fully saturated rings. The van der Waals surface area contributed by atoms with Crippen molar-refractivity contribution in [2.45, 2.75) is 31.7 Å². The van der Waals surface area contributed by atoms with E-state index in [1.54, 1.807) is 25.5 Å². The summed E-state index contributed by atoms with van der Waals surface area (Å²) in [6.45, 7) is 3.93. The average Bonchev–Trinajstić information content (AvgIpc) is 2.86. The van der Waals surface area contributed by atoms with Gasteiger partial charge in [0.2, 0.25) is 0 Å². The molecule has 1 N–H and O–H groups in total. The Morgan fingerprint density at radius 3 is 2.67 bits per heavy atom. The first-order valence-corrected chi connectivity index (χ1v) is 8.31. The van der Waals surface area contributed by atoms with Crippen molar-refractivity contribution in [3.8, 4) is 0 Å². The quantitative estimate of drug-likeness (QED) is 0.892. The van der Waals surface area contributed by atoms with E-state index in [1.165, 1.54) is 16.8 Å². The summed E-state index contributed by atoms with van der Waals surface area (Å²) in [5.41, 5.74) is -0.946. The number of aryl methyl sites for hydroxylation is 1. The van der Waals surface area contributed by atoms with Crippen LogP contribution < -0.4 is 0 Å². The molecule has 21 heavy (non-hydrogen) atoms. The Labute approximate surface area is 124 Å². The monoisotopic (exact) mass is 315 g/mol. The molecule has 0 aliphatic carbocycles. The number of rotatable bonds is 4. The third-order valence-corrected chi connectivity index (χ3v) is 5.99. The second-order valence-corrected chi connectivity index (χ2v) is 7.99. The van der Waals surface area contributed by atoms with Crippen LogP contribution in [0.15, 0.2) is 17.6 Å². The molecule has 7 nitrogen and oxygen atoms in total. The van der Waals surface area contributed by atoms with Gasteiger partial charge in [-0.15, -0.1) is 0 Å². The number of sulfonamides is 1. The van der Waals surface area contributed by atoms with Gasteiger partial charge >= 0.3 is 5.97 Å². The van der Waals surface area contributed by atoms with E-state index < -0.39 is 21.4 Å². The van der Waals surface area contributed by atoms with Gasteiger partial charge in [0.1, 0.15) is 0 Å². The standard InChI is InChI=1S/C13H21N3O4S/c1-13(2,12(17)18)10-5-4-6-16(7-10)21(19,20)11-8-15(3)9-14-11/h8-10H,4-7H2,1-3H3,(H,17,18). The summed E-state index contributed by atoms with van der Waals surface area (Å²) < 4.78 is 28.0. The molecule has 0 bridgehead atoms. The van der Waals surface area contributed by atoms with Crippen LogP contribution in [0.25, 0.3) is 0 Å². The maximum absolute atomic E-state index is 12.5. The molecule has 2 heterocycles. The summed E-state index contributed by atoms with van der Waals surface area (Å²) in [6, 6.07) is 0. The Morgan fingerprint density at radius 2 is 2.14 bits per heavy atom. The highest BCUT2D eigenvalue weighted by Gasteiger charge is 2.42. The number of aromatic nitrogens is 2. The van der Waals surface area contributed by atoms with Crippen molar-refractivity contribution in [3.05, 3.63) is 12.5 Å². The lowest BCUT2D eigenvalue weighted by molar-refractivity contribution is -0.151. The van der Waals surface area contributed by atoms with Crippen molar-refractivity contribution < 1.29 is 18.3 Å². The molecule has 0 saturated carbocycles. The lowest BCUT2D eigenvalue weighted by Gasteiger charge is -2.38. The Morgan fingerprint density at radius 1 is 1.48 bits per heavy atom. The third-order valence-electron chi connectivity index (χ3n) is 4.24. The van der Waals surface area contributed by atoms with Crippen LogP contribution in [-0.4, -0.2) is 46.4 Å². The molecule has 8 heteroatoms. The molecule has 0 aromatic carbocycles. The fourth-order valence-electron chi connectivity index (χ4n) is 2.58. The van der Waals surface area contributed by atoms with Gasteiger partial charge in [-0.3, -0.25) is 4.79 Å². The zero-order valence-electron chi connectivity index (χ0n) is 12.5. The number of imidazole rings is 1. The van der Waals surface area contributed by atoms with Gasteiger partial charge in [-0.05, 0) is 32.6 Å². The first-order chi connectivity index (χ1) is 9.65. The Balaban J connectivity index is 2.24. The second kappa shape index (κ2) is 5.42. The van der Waals surface area contributed by atoms with Gasteiger partial charge in [-0.2, -0.15) is 4.31 Å². The van der Waals surface area contributed by atoms with Gasteiger partial charge < -0.3 is 9.67 Å². The Hall–Kier alpha value is -1.41. The molecule has 1 aromatic rings. The highest BCUT2D eigenvalue weighted by molar-refractivity contribution is 7.89. The molecule has 1 aromatic heterocycles. The van der Waals surface area contributed by atoms with Crippen LogP contribution in [0.2, 0.25) is 0 Å². The van der Waals surface area contributed by atoms with E-state index in [-0.39, 0.29) is 17.5 Å². The number of aliphatic carboxylic acids is 1. The highest BCUT2D eigenvalue weighted by atomic mass is 32.2. The van der Waals surface area contributed by atoms with Crippen LogP contribution in [-0.2, 0) is 21.9 Å². The van der Waals surface area contributed by atoms with E-state index >= 15 is 0 Å². The van der Waals surface area contributed by atoms with Gasteiger partial charge in [-0.25, -0.2) is 13.4 Å². The third kappa shape index (κ3) is 2.96. The number of hydrogen-bond donors (Lipinski definition) is 1. The van der Waals surface area contributed by atoms with Gasteiger partial charge in [0.25, 0.3) is 10.0 Å². The smallest absolute Gasteiger partial charge is 0.309 e. The van der Waals surface area contributed by atoms with Crippen molar-refractivity contribution in [1.82, 2.24) is 13.9 Å². The first-order valence-electron chi connectivity index (χ1n) is 6.87. The summed E-state index contributed by atoms with van der Waals surface area (Å²) in [4.78, 5) is 15.3. The second-order valence-electron chi connectivity index (χ2n) is 6.11. The topological polar surface area (TPSA) is 92.5 Å². The lowest BCUT2D eigenvalue weighted by Crippen LogP contribution is -2.46. The summed E-state index contributed by atoms with van der Waals surface area (Å²) in [7, 11) is -1.94. The van der Waals surface area contributed by atoms with E-state index in [0.29, 0.717) is 19.4 Å². The van der Waals surface area contributed by atoms with Gasteiger partial charge in [-0.1, -0.05) is 0 Å². The van der Waals surface area contributed by atoms with E-state index in [4.69, 9.17) is 0 Å². The normalized spacial score (nSPS) is 21.4. The molecular formula is C13H21N3O4S. The summed E-state index contributed by atoms with van der Waals surface area (Å²) >= 11 is 0. The maximum Gasteiger partial charge on any atom is 0.309 e. The van der Waals surface area contributed by atoms with Gasteiger partial charge in [0.05, 0.1) is 11.7 Å². The van der Waals surface area contributed by atoms with Crippen molar-refractivity contribution in [1.29, 1.82) is 0 Å². The molecule has 1 aliphatic rings. The van der Waals surface area contributed by atoms with Crippen LogP contribution in [0.3, 0.4) is 0 Å². The Bertz CT molecular complexity index is 636. The van der Waals surface area contributed by atoms with E-state index in [0.717, 1.165) is 0 Å². The van der Waals surface area contributed by atoms with E-state index in [9.17, 15) is 18.3 Å². The van der Waals surface area contributed by atoms with Crippen LogP contribution in [0, 0.1) is 11.3 Å². The largest absolute Gasteiger partial charge is 0.481 e. The number of nitrogens with zero attached hydrogens (tertiary/aromatic N) is 3. The lowest BCUT2D eigenvalue weighted by atomic mass is 9.75. The predicted molar refractivity (Wildman–Crippen MR) is 76.1 cm³/mol. The average molecular weight is 315 g/mol. The zero-order chi connectivity index (χ0) is 15.8. The SMILES string of the molecule is Cn1cnc(S(=O)(=O)N2CCCC(C(C)(C)C(=O)O)C2)c1. The molecule has 1 unspecified atom stereocenters. The number of piperidine rings is 1. The van der Waals surface area contributed by atoms with E-state index in [2.05, 4.69) is 4.98 Å². The van der Waals surface area contributed by atoms with Crippen molar-refractivity contribution in [3.63, 3.8) is 0 Å². The molecule has 0 spiro atoms. The van der Waals surface area contributed by atoms with Crippen molar-refractivity contribution in [2.75, 3.05) is 13.1 Å². The van der Waals surface area contributed by atoms with Crippen LogP contribution in [0.5, 0.6) is 0 Å². The minimum Gasteiger partial charge on any atom is -0.481 e. The molecule has 1 atom stereocenters. The summed E-state index contributed by atoms with van der Waals surface area (Å²) in [5.74, 6) is -1.10. The molecule has 1 saturated heterocycles. The van der Waals surface area contributed by atoms with Gasteiger partial charge in [0, 0.05) is 26.3 Å². The van der Waals surface area contributed by atoms with E-state index in [1.807, 2.05) is 0 Å². The number of carboxylic acids is 1. The van der Waals surface area contributed by atoms with Crippen molar-refractivity contribution >= 4 is 16.0 Å². The number of hydrogen-bond acceptors (Lipinski definition) is 4. The maximum atomic E-state index is 12.5. The first kappa shape index (κ1) is 16.0. The minimum absolute atomic E-state index is 0.0128. The fraction of sp³-hybridized carbons (Fsp3) is 0.692. The van der Waals surface area contributed by atoms with Crippen LogP contribution in [0.4, 0.5) is 0 Å². The Kier molecular flexibility index (Phi) is 4.12. The minimum atomic E-state index is -3.65. The van der Waals surface area contributed by atoms with Crippen LogP contribution in [0.1, 0.15) is 26.7 Å². The summed E-state index contributed by atoms with van der Waals surface area (Å²) in [5, 5.41) is 9.33. The van der Waals surface area contributed by atoms with Crippen molar-refractivity contribution in [2.24, 2.45) is 18.4 Å². The molecule has 0 radical (unpaired) electrons. The van der Waals surface area contributed by atoms with Gasteiger partial charge in [0.15, 0.2) is 5.03 Å². The number of carboxylic acid groups (broad SMARTS) is 1. The summed E-state index contributed by atoms with van der Waals surface area (Å²) in [6.07, 6.45) is 4.28. The predicted octanol–water partition coefficient (Wildman–Crippen LogP) is 0.932. The molecule has 118 valence electrons. The zero-order valence-corrected chi connectivity index (χ0v) is 13.3.